The van der Waals surface area contributed by atoms with Gasteiger partial charge in [0.25, 0.3) is 11.5 Å². The average Bonchev–Trinajstić information content (AvgIpc) is 2.53. The highest BCUT2D eigenvalue weighted by Crippen LogP contribution is 2.19. The summed E-state index contributed by atoms with van der Waals surface area (Å²) in [6.07, 6.45) is 1.83. The Balaban J connectivity index is 2.58. The van der Waals surface area contributed by atoms with Gasteiger partial charge in [-0.05, 0) is 31.0 Å². The highest BCUT2D eigenvalue weighted by Gasteiger charge is 2.14. The lowest BCUT2D eigenvalue weighted by Gasteiger charge is -2.14. The van der Waals surface area contributed by atoms with Crippen LogP contribution in [0.3, 0.4) is 0 Å². The number of hydrogen-bond donors (Lipinski definition) is 2. The Hall–Kier alpha value is -2.40. The molecule has 3 N–H and O–H groups in total. The first kappa shape index (κ1) is 16.0. The molecule has 22 heavy (non-hydrogen) atoms. The molecule has 0 aliphatic rings. The normalized spacial score (nSPS) is 10.5. The van der Waals surface area contributed by atoms with Crippen LogP contribution in [0.2, 0.25) is 0 Å². The van der Waals surface area contributed by atoms with E-state index < -0.39 is 5.91 Å². The van der Waals surface area contributed by atoms with Gasteiger partial charge < -0.3 is 4.57 Å². The Morgan fingerprint density at radius 1 is 1.18 bits per heavy atom. The van der Waals surface area contributed by atoms with E-state index in [2.05, 4.69) is 6.92 Å². The Kier molecular flexibility index (Phi) is 5.12. The van der Waals surface area contributed by atoms with Crippen LogP contribution in [0.25, 0.3) is 11.3 Å². The molecular formula is C17H21N3O2. The number of pyridine rings is 1. The fourth-order valence-electron chi connectivity index (χ4n) is 2.34. The number of nitrogens with one attached hydrogen (secondary N) is 1. The number of nitrogens with zero attached hydrogens (tertiary/aromatic N) is 1. The van der Waals surface area contributed by atoms with Crippen molar-refractivity contribution in [1.82, 2.24) is 9.99 Å². The Morgan fingerprint density at radius 3 is 2.45 bits per heavy atom. The van der Waals surface area contributed by atoms with Gasteiger partial charge in [-0.25, -0.2) is 5.84 Å². The zero-order valence-corrected chi connectivity index (χ0v) is 12.9. The number of nitrogen functional groups attached to an aromatic ring is 1. The summed E-state index contributed by atoms with van der Waals surface area (Å²) in [4.78, 5) is 24.3. The van der Waals surface area contributed by atoms with Crippen LogP contribution < -0.4 is 16.8 Å². The number of amides is 1. The number of nitrogens with two attached hydrogens (primary N) is 1. The maximum absolute atomic E-state index is 12.6. The van der Waals surface area contributed by atoms with Gasteiger partial charge >= 0.3 is 0 Å². The Bertz CT molecular complexity index is 718. The monoisotopic (exact) mass is 299 g/mol. The molecule has 5 heteroatoms. The highest BCUT2D eigenvalue weighted by atomic mass is 16.2. The van der Waals surface area contributed by atoms with Gasteiger partial charge in [0, 0.05) is 6.54 Å². The number of unbranched alkanes of at least 4 members (excludes halogenated alkanes) is 1. The van der Waals surface area contributed by atoms with Gasteiger partial charge in [-0.15, -0.1) is 0 Å². The van der Waals surface area contributed by atoms with E-state index in [1.54, 1.807) is 10.6 Å². The van der Waals surface area contributed by atoms with E-state index in [4.69, 9.17) is 5.84 Å². The molecule has 0 radical (unpaired) electrons. The largest absolute Gasteiger partial charge is 0.308 e. The second-order valence-corrected chi connectivity index (χ2v) is 5.28. The number of carbonyl (C=O) groups excluding carboxylic acids is 1. The lowest BCUT2D eigenvalue weighted by atomic mass is 10.1. The maximum Gasteiger partial charge on any atom is 0.270 e. The van der Waals surface area contributed by atoms with E-state index in [0.717, 1.165) is 29.7 Å². The van der Waals surface area contributed by atoms with Gasteiger partial charge in [0.1, 0.15) is 5.56 Å². The minimum atomic E-state index is -0.564. The number of hydrogen-bond acceptors (Lipinski definition) is 3. The van der Waals surface area contributed by atoms with Crippen molar-refractivity contribution in [2.45, 2.75) is 33.2 Å². The van der Waals surface area contributed by atoms with E-state index in [-0.39, 0.29) is 11.1 Å². The first-order valence-corrected chi connectivity index (χ1v) is 7.40. The third-order valence-electron chi connectivity index (χ3n) is 3.63. The summed E-state index contributed by atoms with van der Waals surface area (Å²) >= 11 is 0. The number of aromatic nitrogens is 1. The fourth-order valence-corrected chi connectivity index (χ4v) is 2.34. The number of rotatable bonds is 5. The van der Waals surface area contributed by atoms with Crippen LogP contribution in [0.4, 0.5) is 0 Å². The lowest BCUT2D eigenvalue weighted by Crippen LogP contribution is -2.37. The van der Waals surface area contributed by atoms with E-state index in [9.17, 15) is 9.59 Å². The number of benzene rings is 1. The fraction of sp³-hybridized carbons (Fsp3) is 0.294. The van der Waals surface area contributed by atoms with Crippen LogP contribution in [0.5, 0.6) is 0 Å². The van der Waals surface area contributed by atoms with Crippen molar-refractivity contribution in [3.05, 3.63) is 57.9 Å². The average molecular weight is 299 g/mol. The molecule has 2 rings (SSSR count). The van der Waals surface area contributed by atoms with Gasteiger partial charge in [0.2, 0.25) is 0 Å². The van der Waals surface area contributed by atoms with Gasteiger partial charge in [-0.3, -0.25) is 15.0 Å². The highest BCUT2D eigenvalue weighted by molar-refractivity contribution is 5.93. The Morgan fingerprint density at radius 2 is 1.86 bits per heavy atom. The number of carbonyl (C=O) groups is 1. The van der Waals surface area contributed by atoms with E-state index in [1.165, 1.54) is 6.07 Å². The van der Waals surface area contributed by atoms with Crippen molar-refractivity contribution < 1.29 is 4.79 Å². The smallest absolute Gasteiger partial charge is 0.270 e. The first-order valence-electron chi connectivity index (χ1n) is 7.40. The van der Waals surface area contributed by atoms with Crippen molar-refractivity contribution in [3.63, 3.8) is 0 Å². The SMILES string of the molecule is CCCCn1c(-c2ccc(C)cc2)ccc(C(=O)NN)c1=O. The third-order valence-corrected chi connectivity index (χ3v) is 3.63. The minimum absolute atomic E-state index is 0.0643. The quantitative estimate of drug-likeness (QED) is 0.505. The number of hydrazine groups is 1. The first-order chi connectivity index (χ1) is 10.6. The second kappa shape index (κ2) is 7.04. The second-order valence-electron chi connectivity index (χ2n) is 5.28. The molecule has 1 amide bonds. The molecule has 0 fully saturated rings. The van der Waals surface area contributed by atoms with Crippen molar-refractivity contribution in [2.24, 2.45) is 5.84 Å². The molecular weight excluding hydrogens is 278 g/mol. The van der Waals surface area contributed by atoms with Crippen LogP contribution in [-0.4, -0.2) is 10.5 Å². The van der Waals surface area contributed by atoms with Crippen LogP contribution in [0.1, 0.15) is 35.7 Å². The van der Waals surface area contributed by atoms with Gasteiger partial charge in [-0.2, -0.15) is 0 Å². The molecule has 0 spiro atoms. The van der Waals surface area contributed by atoms with Gasteiger partial charge in [0.05, 0.1) is 5.69 Å². The zero-order chi connectivity index (χ0) is 16.1. The van der Waals surface area contributed by atoms with Crippen LogP contribution in [-0.2, 0) is 6.54 Å². The molecule has 0 saturated carbocycles. The zero-order valence-electron chi connectivity index (χ0n) is 12.9. The van der Waals surface area contributed by atoms with E-state index in [1.807, 2.05) is 36.6 Å². The topological polar surface area (TPSA) is 77.1 Å². The van der Waals surface area contributed by atoms with E-state index in [0.29, 0.717) is 6.54 Å². The summed E-state index contributed by atoms with van der Waals surface area (Å²) in [5.41, 5.74) is 4.70. The molecule has 116 valence electrons. The molecule has 2 aromatic rings. The molecule has 5 nitrogen and oxygen atoms in total. The van der Waals surface area contributed by atoms with Crippen molar-refractivity contribution >= 4 is 5.91 Å². The van der Waals surface area contributed by atoms with Crippen LogP contribution >= 0.6 is 0 Å². The molecule has 0 saturated heterocycles. The summed E-state index contributed by atoms with van der Waals surface area (Å²) in [7, 11) is 0. The molecule has 1 aromatic carbocycles. The van der Waals surface area contributed by atoms with Gasteiger partial charge in [0.15, 0.2) is 0 Å². The van der Waals surface area contributed by atoms with Crippen molar-refractivity contribution in [1.29, 1.82) is 0 Å². The lowest BCUT2D eigenvalue weighted by molar-refractivity contribution is 0.0951. The molecule has 1 aromatic heterocycles. The molecule has 0 unspecified atom stereocenters. The standard InChI is InChI=1S/C17H21N3O2/c1-3-4-11-20-15(13-7-5-12(2)6-8-13)10-9-14(17(20)22)16(21)19-18/h5-10H,3-4,11,18H2,1-2H3,(H,19,21). The predicted octanol–water partition coefficient (Wildman–Crippen LogP) is 2.23. The van der Waals surface area contributed by atoms with Crippen molar-refractivity contribution in [3.8, 4) is 11.3 Å². The number of aryl methyl sites for hydroxylation is 1. The maximum atomic E-state index is 12.6. The van der Waals surface area contributed by atoms with E-state index >= 15 is 0 Å². The van der Waals surface area contributed by atoms with Crippen LogP contribution in [0.15, 0.2) is 41.2 Å². The summed E-state index contributed by atoms with van der Waals surface area (Å²) in [5, 5.41) is 0. The summed E-state index contributed by atoms with van der Waals surface area (Å²) in [6.45, 7) is 4.65. The molecule has 1 heterocycles. The van der Waals surface area contributed by atoms with Gasteiger partial charge in [-0.1, -0.05) is 43.2 Å². The molecule has 0 bridgehead atoms. The van der Waals surface area contributed by atoms with Crippen LogP contribution in [0, 0.1) is 6.92 Å². The predicted molar refractivity (Wildman–Crippen MR) is 87.4 cm³/mol. The molecule has 0 aliphatic heterocycles. The Labute approximate surface area is 129 Å². The molecule has 0 atom stereocenters. The summed E-state index contributed by atoms with van der Waals surface area (Å²) in [5.74, 6) is 4.58. The minimum Gasteiger partial charge on any atom is -0.308 e. The molecule has 0 aliphatic carbocycles. The third kappa shape index (κ3) is 3.26. The summed E-state index contributed by atoms with van der Waals surface area (Å²) in [6, 6.07) is 11.3. The van der Waals surface area contributed by atoms with Crippen molar-refractivity contribution in [2.75, 3.05) is 0 Å². The summed E-state index contributed by atoms with van der Waals surface area (Å²) < 4.78 is 1.65.